The number of rotatable bonds is 6. The van der Waals surface area contributed by atoms with Crippen LogP contribution in [-0.4, -0.2) is 23.9 Å². The van der Waals surface area contributed by atoms with Crippen molar-refractivity contribution in [1.82, 2.24) is 0 Å². The quantitative estimate of drug-likeness (QED) is 0.260. The number of halogens is 3. The first-order valence-electron chi connectivity index (χ1n) is 16.1. The van der Waals surface area contributed by atoms with Gasteiger partial charge in [-0.2, -0.15) is 8.42 Å². The first-order chi connectivity index (χ1) is 19.8. The van der Waals surface area contributed by atoms with Crippen molar-refractivity contribution >= 4 is 10.1 Å². The van der Waals surface area contributed by atoms with Crippen molar-refractivity contribution in [2.75, 3.05) is 0 Å². The lowest BCUT2D eigenvalue weighted by atomic mass is 9.57. The predicted octanol–water partition coefficient (Wildman–Crippen LogP) is 9.49. The van der Waals surface area contributed by atoms with Gasteiger partial charge in [-0.3, -0.25) is 4.55 Å². The highest BCUT2D eigenvalue weighted by molar-refractivity contribution is 7.87. The Hall–Kier alpha value is -1.86. The summed E-state index contributed by atoms with van der Waals surface area (Å²) < 4.78 is 82.9. The molecule has 8 unspecified atom stereocenters. The number of alkyl halides is 3. The van der Waals surface area contributed by atoms with E-state index in [1.165, 1.54) is 5.56 Å². The molecular formula is C36H47F3O3S. The van der Waals surface area contributed by atoms with Gasteiger partial charge in [-0.25, -0.2) is 13.2 Å². The zero-order valence-electron chi connectivity index (χ0n) is 26.6. The van der Waals surface area contributed by atoms with Crippen molar-refractivity contribution < 1.29 is 26.1 Å². The van der Waals surface area contributed by atoms with Crippen LogP contribution < -0.4 is 0 Å². The van der Waals surface area contributed by atoms with Gasteiger partial charge in [-0.15, -0.1) is 0 Å². The lowest BCUT2D eigenvalue weighted by Gasteiger charge is -2.49. The standard InChI is InChI=1S/C36H47F3O3S/c1-8-35(37,43(40,41)42)36(38,39)29-20-34(19-26(29)30-23-9-10-24(17-23)31(30)34)28-18-22(13-16-27(28)33(5,6)7)21-11-14-25(15-12-21)32(2,3)4/h11-16,18,23-24,26,29-31H,8-10,17,19-20H2,1-7H3,(H,40,41,42). The minimum Gasteiger partial charge on any atom is -0.283 e. The van der Waals surface area contributed by atoms with E-state index in [0.717, 1.165) is 48.4 Å². The molecule has 0 saturated heterocycles. The second-order valence-electron chi connectivity index (χ2n) is 16.3. The molecular weight excluding hydrogens is 569 g/mol. The topological polar surface area (TPSA) is 54.4 Å². The molecule has 2 aromatic carbocycles. The SMILES string of the molecule is CCC(F)(C(F)(F)C1CC2(c3cc(-c4ccc(C(C)(C)C)cc4)ccc3C(C)(C)C)CC1C1C3CCC(C3)C12)S(=O)(=O)O. The van der Waals surface area contributed by atoms with Crippen LogP contribution in [0.25, 0.3) is 11.1 Å². The molecule has 236 valence electrons. The van der Waals surface area contributed by atoms with Crippen molar-refractivity contribution in [3.05, 3.63) is 59.2 Å². The van der Waals surface area contributed by atoms with Gasteiger partial charge < -0.3 is 0 Å². The molecule has 0 amide bonds. The van der Waals surface area contributed by atoms with Crippen molar-refractivity contribution in [2.24, 2.45) is 35.5 Å². The lowest BCUT2D eigenvalue weighted by Crippen LogP contribution is -2.57. The molecule has 4 bridgehead atoms. The van der Waals surface area contributed by atoms with E-state index in [1.54, 1.807) is 0 Å². The Morgan fingerprint density at radius 2 is 1.47 bits per heavy atom. The van der Waals surface area contributed by atoms with Gasteiger partial charge in [0.25, 0.3) is 5.00 Å². The van der Waals surface area contributed by atoms with E-state index in [2.05, 4.69) is 84.0 Å². The third kappa shape index (κ3) is 4.40. The Balaban J connectivity index is 1.52. The number of hydrogen-bond acceptors (Lipinski definition) is 2. The fraction of sp³-hybridized carbons (Fsp3) is 0.667. The summed E-state index contributed by atoms with van der Waals surface area (Å²) in [7, 11) is -5.65. The Morgan fingerprint density at radius 1 is 0.860 bits per heavy atom. The average Bonchev–Trinajstić information content (AvgIpc) is 3.70. The molecule has 43 heavy (non-hydrogen) atoms. The van der Waals surface area contributed by atoms with Crippen LogP contribution in [0.3, 0.4) is 0 Å². The number of fused-ring (bicyclic) bond motifs is 9. The van der Waals surface area contributed by atoms with E-state index in [9.17, 15) is 13.0 Å². The van der Waals surface area contributed by atoms with Gasteiger partial charge in [0.2, 0.25) is 0 Å². The van der Waals surface area contributed by atoms with Gasteiger partial charge in [-0.1, -0.05) is 90.9 Å². The predicted molar refractivity (Wildman–Crippen MR) is 166 cm³/mol. The van der Waals surface area contributed by atoms with Crippen molar-refractivity contribution in [3.8, 4) is 11.1 Å². The molecule has 3 nitrogen and oxygen atoms in total. The fourth-order valence-corrected chi connectivity index (χ4v) is 11.1. The van der Waals surface area contributed by atoms with Crippen LogP contribution in [-0.2, 0) is 26.4 Å². The molecule has 4 aliphatic carbocycles. The Bertz CT molecular complexity index is 1520. The molecule has 4 aliphatic rings. The minimum absolute atomic E-state index is 0.0185. The molecule has 0 radical (unpaired) electrons. The van der Waals surface area contributed by atoms with Gasteiger partial charge in [0.05, 0.1) is 0 Å². The smallest absolute Gasteiger partial charge is 0.283 e. The molecule has 0 aromatic heterocycles. The first kappa shape index (κ1) is 31.1. The molecule has 0 aliphatic heterocycles. The van der Waals surface area contributed by atoms with Crippen molar-refractivity contribution in [2.45, 2.75) is 114 Å². The second-order valence-corrected chi connectivity index (χ2v) is 17.9. The monoisotopic (exact) mass is 616 g/mol. The van der Waals surface area contributed by atoms with Crippen molar-refractivity contribution in [1.29, 1.82) is 0 Å². The van der Waals surface area contributed by atoms with Gasteiger partial charge in [-0.05, 0) is 106 Å². The highest BCUT2D eigenvalue weighted by Crippen LogP contribution is 2.76. The zero-order valence-corrected chi connectivity index (χ0v) is 27.4. The molecule has 0 heterocycles. The van der Waals surface area contributed by atoms with Crippen LogP contribution >= 0.6 is 0 Å². The summed E-state index contributed by atoms with van der Waals surface area (Å²) in [4.78, 5) is 0. The minimum atomic E-state index is -5.65. The fourth-order valence-electron chi connectivity index (χ4n) is 10.3. The van der Waals surface area contributed by atoms with Crippen LogP contribution in [0.15, 0.2) is 42.5 Å². The van der Waals surface area contributed by atoms with Crippen LogP contribution in [0.4, 0.5) is 13.2 Å². The molecule has 7 heteroatoms. The summed E-state index contributed by atoms with van der Waals surface area (Å²) in [5.74, 6) is -5.15. The van der Waals surface area contributed by atoms with Crippen LogP contribution in [0.2, 0.25) is 0 Å². The first-order valence-corrected chi connectivity index (χ1v) is 17.5. The Labute approximate surface area is 255 Å². The largest absolute Gasteiger partial charge is 0.306 e. The molecule has 4 fully saturated rings. The van der Waals surface area contributed by atoms with E-state index < -0.39 is 44.7 Å². The number of hydrogen-bond donors (Lipinski definition) is 1. The van der Waals surface area contributed by atoms with E-state index in [1.807, 2.05) is 0 Å². The van der Waals surface area contributed by atoms with Gasteiger partial charge in [0.15, 0.2) is 0 Å². The highest BCUT2D eigenvalue weighted by atomic mass is 32.2. The van der Waals surface area contributed by atoms with Crippen molar-refractivity contribution in [3.63, 3.8) is 0 Å². The maximum absolute atomic E-state index is 16.4. The van der Waals surface area contributed by atoms with E-state index in [0.29, 0.717) is 18.3 Å². The molecule has 8 atom stereocenters. The summed E-state index contributed by atoms with van der Waals surface area (Å²) in [6.45, 7) is 14.1. The maximum Gasteiger partial charge on any atom is 0.306 e. The van der Waals surface area contributed by atoms with Gasteiger partial charge in [0.1, 0.15) is 0 Å². The summed E-state index contributed by atoms with van der Waals surface area (Å²) >= 11 is 0. The number of benzene rings is 2. The van der Waals surface area contributed by atoms with Crippen LogP contribution in [0.5, 0.6) is 0 Å². The van der Waals surface area contributed by atoms with Crippen LogP contribution in [0.1, 0.15) is 104 Å². The Kier molecular flexibility index (Phi) is 6.93. The summed E-state index contributed by atoms with van der Waals surface area (Å²) in [6.07, 6.45) is 2.64. The average molecular weight is 617 g/mol. The van der Waals surface area contributed by atoms with E-state index in [4.69, 9.17) is 0 Å². The molecule has 0 spiro atoms. The summed E-state index contributed by atoms with van der Waals surface area (Å²) in [6, 6.07) is 15.0. The van der Waals surface area contributed by atoms with Gasteiger partial charge in [0, 0.05) is 12.3 Å². The third-order valence-corrected chi connectivity index (χ3v) is 13.5. The Morgan fingerprint density at radius 3 is 2.02 bits per heavy atom. The molecule has 1 N–H and O–H groups in total. The highest BCUT2D eigenvalue weighted by Gasteiger charge is 2.77. The summed E-state index contributed by atoms with van der Waals surface area (Å²) in [5.41, 5.74) is 4.68. The van der Waals surface area contributed by atoms with E-state index >= 15 is 13.2 Å². The normalized spacial score (nSPS) is 33.6. The summed E-state index contributed by atoms with van der Waals surface area (Å²) in [5, 5.41) is -4.01. The molecule has 2 aromatic rings. The third-order valence-electron chi connectivity index (χ3n) is 12.1. The van der Waals surface area contributed by atoms with Gasteiger partial charge >= 0.3 is 16.0 Å². The lowest BCUT2D eigenvalue weighted by molar-refractivity contribution is -0.167. The van der Waals surface area contributed by atoms with E-state index in [-0.39, 0.29) is 29.1 Å². The van der Waals surface area contributed by atoms with Crippen LogP contribution in [0, 0.1) is 35.5 Å². The molecule has 6 rings (SSSR count). The second kappa shape index (κ2) is 9.57. The molecule has 4 saturated carbocycles. The zero-order chi connectivity index (χ0) is 31.5. The maximum atomic E-state index is 16.4.